The number of rotatable bonds is 4. The first kappa shape index (κ1) is 14.5. The van der Waals surface area contributed by atoms with E-state index in [2.05, 4.69) is 49.9 Å². The SMILES string of the molecule is CCCc1ccc(C(C)N2CC(C)CC(N)C2)cc1. The van der Waals surface area contributed by atoms with Crippen LogP contribution in [0.25, 0.3) is 0 Å². The molecule has 2 nitrogen and oxygen atoms in total. The van der Waals surface area contributed by atoms with Gasteiger partial charge in [-0.05, 0) is 36.8 Å². The number of nitrogens with zero attached hydrogens (tertiary/aromatic N) is 1. The quantitative estimate of drug-likeness (QED) is 0.899. The molecule has 3 atom stereocenters. The lowest BCUT2D eigenvalue weighted by molar-refractivity contribution is 0.124. The molecule has 0 bridgehead atoms. The molecule has 19 heavy (non-hydrogen) atoms. The Morgan fingerprint density at radius 2 is 1.95 bits per heavy atom. The number of hydrogen-bond donors (Lipinski definition) is 1. The van der Waals surface area contributed by atoms with Gasteiger partial charge in [-0.15, -0.1) is 0 Å². The summed E-state index contributed by atoms with van der Waals surface area (Å²) in [6.07, 6.45) is 3.56. The normalized spacial score (nSPS) is 26.3. The van der Waals surface area contributed by atoms with Crippen molar-refractivity contribution in [2.75, 3.05) is 13.1 Å². The molecule has 1 aromatic rings. The molecule has 0 saturated carbocycles. The van der Waals surface area contributed by atoms with Crippen molar-refractivity contribution < 1.29 is 0 Å². The molecular weight excluding hydrogens is 232 g/mol. The van der Waals surface area contributed by atoms with Gasteiger partial charge in [-0.25, -0.2) is 0 Å². The summed E-state index contributed by atoms with van der Waals surface area (Å²) in [7, 11) is 0. The van der Waals surface area contributed by atoms with Crippen LogP contribution in [0.3, 0.4) is 0 Å². The highest BCUT2D eigenvalue weighted by Gasteiger charge is 2.26. The highest BCUT2D eigenvalue weighted by molar-refractivity contribution is 5.25. The summed E-state index contributed by atoms with van der Waals surface area (Å²) in [4.78, 5) is 2.54. The van der Waals surface area contributed by atoms with Crippen molar-refractivity contribution in [3.63, 3.8) is 0 Å². The summed E-state index contributed by atoms with van der Waals surface area (Å²) >= 11 is 0. The largest absolute Gasteiger partial charge is 0.327 e. The zero-order valence-electron chi connectivity index (χ0n) is 12.6. The summed E-state index contributed by atoms with van der Waals surface area (Å²) < 4.78 is 0. The maximum atomic E-state index is 6.15. The Morgan fingerprint density at radius 1 is 1.26 bits per heavy atom. The molecule has 0 radical (unpaired) electrons. The predicted octanol–water partition coefficient (Wildman–Crippen LogP) is 3.37. The fraction of sp³-hybridized carbons (Fsp3) is 0.647. The molecule has 3 unspecified atom stereocenters. The Kier molecular flexibility index (Phi) is 5.00. The van der Waals surface area contributed by atoms with E-state index in [1.807, 2.05) is 0 Å². The maximum absolute atomic E-state index is 6.15. The fourth-order valence-corrected chi connectivity index (χ4v) is 3.22. The smallest absolute Gasteiger partial charge is 0.0320 e. The Bertz CT molecular complexity index is 375. The van der Waals surface area contributed by atoms with Crippen LogP contribution in [0.1, 0.15) is 50.8 Å². The van der Waals surface area contributed by atoms with Gasteiger partial charge in [-0.3, -0.25) is 4.90 Å². The monoisotopic (exact) mass is 260 g/mol. The minimum atomic E-state index is 0.338. The Hall–Kier alpha value is -0.860. The van der Waals surface area contributed by atoms with Crippen LogP contribution in [0.2, 0.25) is 0 Å². The van der Waals surface area contributed by atoms with Gasteiger partial charge in [-0.2, -0.15) is 0 Å². The van der Waals surface area contributed by atoms with E-state index in [1.165, 1.54) is 36.9 Å². The van der Waals surface area contributed by atoms with Crippen molar-refractivity contribution in [1.82, 2.24) is 4.90 Å². The lowest BCUT2D eigenvalue weighted by Crippen LogP contribution is -2.47. The molecule has 1 heterocycles. The van der Waals surface area contributed by atoms with Gasteiger partial charge < -0.3 is 5.73 Å². The topological polar surface area (TPSA) is 29.3 Å². The van der Waals surface area contributed by atoms with Crippen LogP contribution in [0.5, 0.6) is 0 Å². The minimum Gasteiger partial charge on any atom is -0.327 e. The Balaban J connectivity index is 2.03. The number of benzene rings is 1. The van der Waals surface area contributed by atoms with Crippen molar-refractivity contribution in [3.05, 3.63) is 35.4 Å². The van der Waals surface area contributed by atoms with Crippen LogP contribution in [0.4, 0.5) is 0 Å². The third kappa shape index (κ3) is 3.80. The third-order valence-electron chi connectivity index (χ3n) is 4.27. The predicted molar refractivity (Wildman–Crippen MR) is 82.2 cm³/mol. The highest BCUT2D eigenvalue weighted by atomic mass is 15.2. The molecule has 1 fully saturated rings. The molecule has 106 valence electrons. The molecule has 1 aromatic carbocycles. The van der Waals surface area contributed by atoms with E-state index in [0.717, 1.165) is 6.54 Å². The molecule has 0 aliphatic carbocycles. The summed E-state index contributed by atoms with van der Waals surface area (Å²) in [6, 6.07) is 9.96. The second-order valence-corrected chi connectivity index (χ2v) is 6.22. The molecule has 1 aliphatic rings. The summed E-state index contributed by atoms with van der Waals surface area (Å²) in [5.74, 6) is 0.713. The van der Waals surface area contributed by atoms with Gasteiger partial charge in [0.05, 0.1) is 0 Å². The highest BCUT2D eigenvalue weighted by Crippen LogP contribution is 2.26. The molecule has 0 spiro atoms. The van der Waals surface area contributed by atoms with Crippen LogP contribution < -0.4 is 5.73 Å². The van der Waals surface area contributed by atoms with Crippen molar-refractivity contribution in [2.45, 2.75) is 52.1 Å². The van der Waals surface area contributed by atoms with Crippen LogP contribution in [-0.2, 0) is 6.42 Å². The number of hydrogen-bond acceptors (Lipinski definition) is 2. The second kappa shape index (κ2) is 6.53. The van der Waals surface area contributed by atoms with E-state index in [4.69, 9.17) is 5.73 Å². The molecule has 1 aliphatic heterocycles. The maximum Gasteiger partial charge on any atom is 0.0320 e. The first-order chi connectivity index (χ1) is 9.10. The van der Waals surface area contributed by atoms with E-state index >= 15 is 0 Å². The minimum absolute atomic E-state index is 0.338. The first-order valence-electron chi connectivity index (χ1n) is 7.68. The van der Waals surface area contributed by atoms with Gasteiger partial charge in [0, 0.05) is 25.2 Å². The number of nitrogens with two attached hydrogens (primary N) is 1. The molecule has 2 N–H and O–H groups in total. The zero-order valence-corrected chi connectivity index (χ0v) is 12.6. The van der Waals surface area contributed by atoms with E-state index in [9.17, 15) is 0 Å². The van der Waals surface area contributed by atoms with E-state index < -0.39 is 0 Å². The van der Waals surface area contributed by atoms with Crippen molar-refractivity contribution in [1.29, 1.82) is 0 Å². The Morgan fingerprint density at radius 3 is 2.53 bits per heavy atom. The average molecular weight is 260 g/mol. The molecule has 0 amide bonds. The van der Waals surface area contributed by atoms with Gasteiger partial charge in [0.2, 0.25) is 0 Å². The molecule has 2 heteroatoms. The van der Waals surface area contributed by atoms with Crippen LogP contribution in [-0.4, -0.2) is 24.0 Å². The van der Waals surface area contributed by atoms with Crippen molar-refractivity contribution in [2.24, 2.45) is 11.7 Å². The van der Waals surface area contributed by atoms with Crippen molar-refractivity contribution >= 4 is 0 Å². The first-order valence-corrected chi connectivity index (χ1v) is 7.68. The summed E-state index contributed by atoms with van der Waals surface area (Å²) in [5, 5.41) is 0. The van der Waals surface area contributed by atoms with E-state index in [0.29, 0.717) is 18.0 Å². The summed E-state index contributed by atoms with van der Waals surface area (Å²) in [6.45, 7) is 9.05. The third-order valence-corrected chi connectivity index (χ3v) is 4.27. The van der Waals surface area contributed by atoms with Gasteiger partial charge in [-0.1, -0.05) is 44.5 Å². The summed E-state index contributed by atoms with van der Waals surface area (Å²) in [5.41, 5.74) is 9.02. The van der Waals surface area contributed by atoms with Crippen molar-refractivity contribution in [3.8, 4) is 0 Å². The van der Waals surface area contributed by atoms with Gasteiger partial charge in [0.1, 0.15) is 0 Å². The molecule has 1 saturated heterocycles. The number of aryl methyl sites for hydroxylation is 1. The number of piperidine rings is 1. The van der Waals surface area contributed by atoms with Gasteiger partial charge in [0.25, 0.3) is 0 Å². The molecule has 2 rings (SSSR count). The molecule has 0 aromatic heterocycles. The standard InChI is InChI=1S/C17H28N2/c1-4-5-15-6-8-16(9-7-15)14(3)19-11-13(2)10-17(18)12-19/h6-9,13-14,17H,4-5,10-12,18H2,1-3H3. The lowest BCUT2D eigenvalue weighted by Gasteiger charge is -2.38. The fourth-order valence-electron chi connectivity index (χ4n) is 3.22. The zero-order chi connectivity index (χ0) is 13.8. The van der Waals surface area contributed by atoms with E-state index in [1.54, 1.807) is 0 Å². The van der Waals surface area contributed by atoms with Crippen LogP contribution in [0, 0.1) is 5.92 Å². The molecular formula is C17H28N2. The lowest BCUT2D eigenvalue weighted by atomic mass is 9.93. The van der Waals surface area contributed by atoms with E-state index in [-0.39, 0.29) is 0 Å². The van der Waals surface area contributed by atoms with Crippen LogP contribution >= 0.6 is 0 Å². The van der Waals surface area contributed by atoms with Gasteiger partial charge >= 0.3 is 0 Å². The van der Waals surface area contributed by atoms with Gasteiger partial charge in [0.15, 0.2) is 0 Å². The number of likely N-dealkylation sites (tertiary alicyclic amines) is 1. The second-order valence-electron chi connectivity index (χ2n) is 6.22. The Labute approximate surface area is 118 Å². The van der Waals surface area contributed by atoms with Crippen LogP contribution in [0.15, 0.2) is 24.3 Å². The average Bonchev–Trinajstić information content (AvgIpc) is 2.38.